The molecular weight excluding hydrogens is 310 g/mol. The van der Waals surface area contributed by atoms with Crippen LogP contribution in [0.3, 0.4) is 0 Å². The van der Waals surface area contributed by atoms with Gasteiger partial charge in [-0.25, -0.2) is 0 Å². The van der Waals surface area contributed by atoms with E-state index >= 15 is 0 Å². The van der Waals surface area contributed by atoms with E-state index in [2.05, 4.69) is 12.1 Å². The Morgan fingerprint density at radius 1 is 1.30 bits per heavy atom. The van der Waals surface area contributed by atoms with Gasteiger partial charge in [-0.15, -0.1) is 11.8 Å². The fourth-order valence-electron chi connectivity index (χ4n) is 2.30. The summed E-state index contributed by atoms with van der Waals surface area (Å²) in [4.78, 5) is 1.94. The summed E-state index contributed by atoms with van der Waals surface area (Å²) >= 11 is 7.91. The van der Waals surface area contributed by atoms with E-state index in [4.69, 9.17) is 17.3 Å². The quantitative estimate of drug-likeness (QED) is 0.875. The van der Waals surface area contributed by atoms with E-state index in [1.807, 2.05) is 12.1 Å². The van der Waals surface area contributed by atoms with Gasteiger partial charge in [0.15, 0.2) is 0 Å². The van der Waals surface area contributed by atoms with Gasteiger partial charge in [-0.2, -0.15) is 0 Å². The molecule has 1 heterocycles. The standard InChI is InChI=1S/C15H14ClNOS2/c16-13-6-5-11(17)8-15(13)20(18)9-12-7-10-3-1-2-4-14(10)19-12/h1-6,8,12H,7,9,17H2. The van der Waals surface area contributed by atoms with Gasteiger partial charge < -0.3 is 5.73 Å². The average molecular weight is 324 g/mol. The van der Waals surface area contributed by atoms with Crippen LogP contribution in [0.2, 0.25) is 5.02 Å². The number of halogens is 1. The van der Waals surface area contributed by atoms with E-state index in [9.17, 15) is 4.21 Å². The molecule has 2 nitrogen and oxygen atoms in total. The van der Waals surface area contributed by atoms with Gasteiger partial charge in [0.1, 0.15) is 0 Å². The van der Waals surface area contributed by atoms with E-state index in [-0.39, 0.29) is 0 Å². The Kier molecular flexibility index (Phi) is 4.06. The molecule has 20 heavy (non-hydrogen) atoms. The second-order valence-corrected chi connectivity index (χ2v) is 7.97. The molecule has 1 aliphatic heterocycles. The molecule has 104 valence electrons. The second-order valence-electron chi connectivity index (χ2n) is 4.75. The van der Waals surface area contributed by atoms with Crippen LogP contribution < -0.4 is 5.73 Å². The topological polar surface area (TPSA) is 43.1 Å². The molecule has 5 heteroatoms. The molecule has 0 radical (unpaired) electrons. The third kappa shape index (κ3) is 2.87. The van der Waals surface area contributed by atoms with Gasteiger partial charge in [-0.3, -0.25) is 4.21 Å². The third-order valence-electron chi connectivity index (χ3n) is 3.25. The molecule has 0 aromatic heterocycles. The predicted molar refractivity (Wildman–Crippen MR) is 86.9 cm³/mol. The Hall–Kier alpha value is -0.970. The SMILES string of the molecule is Nc1ccc(Cl)c(S(=O)CC2Cc3ccccc3S2)c1. The van der Waals surface area contributed by atoms with Crippen LogP contribution >= 0.6 is 23.4 Å². The molecule has 0 bridgehead atoms. The van der Waals surface area contributed by atoms with Crippen LogP contribution in [0.25, 0.3) is 0 Å². The zero-order valence-electron chi connectivity index (χ0n) is 10.7. The molecule has 2 aromatic rings. The Morgan fingerprint density at radius 3 is 2.90 bits per heavy atom. The van der Waals surface area contributed by atoms with Crippen LogP contribution in [0.1, 0.15) is 5.56 Å². The number of hydrogen-bond acceptors (Lipinski definition) is 3. The first-order valence-electron chi connectivity index (χ1n) is 6.31. The molecule has 2 N–H and O–H groups in total. The van der Waals surface area contributed by atoms with Crippen molar-refractivity contribution in [3.05, 3.63) is 53.1 Å². The maximum absolute atomic E-state index is 12.5. The molecule has 1 aliphatic rings. The minimum atomic E-state index is -1.12. The molecule has 0 spiro atoms. The highest BCUT2D eigenvalue weighted by molar-refractivity contribution is 8.01. The number of nitrogens with two attached hydrogens (primary N) is 1. The zero-order valence-corrected chi connectivity index (χ0v) is 13.1. The number of benzene rings is 2. The van der Waals surface area contributed by atoms with Crippen LogP contribution in [0.5, 0.6) is 0 Å². The Balaban J connectivity index is 1.74. The first-order chi connectivity index (χ1) is 9.63. The van der Waals surface area contributed by atoms with Gasteiger partial charge in [-0.1, -0.05) is 29.8 Å². The highest BCUT2D eigenvalue weighted by atomic mass is 35.5. The van der Waals surface area contributed by atoms with Gasteiger partial charge in [0.05, 0.1) is 20.7 Å². The minimum absolute atomic E-state index is 0.339. The van der Waals surface area contributed by atoms with Crippen molar-refractivity contribution in [2.45, 2.75) is 21.5 Å². The van der Waals surface area contributed by atoms with Crippen LogP contribution in [0.4, 0.5) is 5.69 Å². The summed E-state index contributed by atoms with van der Waals surface area (Å²) in [5.74, 6) is 0.600. The van der Waals surface area contributed by atoms with Gasteiger partial charge in [0.25, 0.3) is 0 Å². The van der Waals surface area contributed by atoms with E-state index in [1.54, 1.807) is 30.0 Å². The monoisotopic (exact) mass is 323 g/mol. The van der Waals surface area contributed by atoms with Crippen LogP contribution in [-0.4, -0.2) is 15.2 Å². The third-order valence-corrected chi connectivity index (χ3v) is 6.76. The van der Waals surface area contributed by atoms with Gasteiger partial charge >= 0.3 is 0 Å². The first-order valence-corrected chi connectivity index (χ1v) is 8.89. The van der Waals surface area contributed by atoms with Gasteiger partial charge in [0, 0.05) is 21.6 Å². The number of rotatable bonds is 3. The van der Waals surface area contributed by atoms with Gasteiger partial charge in [0.2, 0.25) is 0 Å². The number of thioether (sulfide) groups is 1. The predicted octanol–water partition coefficient (Wildman–Crippen LogP) is 3.75. The second kappa shape index (κ2) is 5.80. The van der Waals surface area contributed by atoms with E-state index < -0.39 is 10.8 Å². The van der Waals surface area contributed by atoms with Crippen LogP contribution in [0, 0.1) is 0 Å². The average Bonchev–Trinajstić information content (AvgIpc) is 2.83. The minimum Gasteiger partial charge on any atom is -0.399 e. The van der Waals surface area contributed by atoms with Crippen LogP contribution in [0.15, 0.2) is 52.3 Å². The van der Waals surface area contributed by atoms with Crippen molar-refractivity contribution >= 4 is 39.8 Å². The summed E-state index contributed by atoms with van der Waals surface area (Å²) in [6, 6.07) is 13.5. The number of hydrogen-bond donors (Lipinski definition) is 1. The summed E-state index contributed by atoms with van der Waals surface area (Å²) in [7, 11) is -1.12. The van der Waals surface area contributed by atoms with Crippen molar-refractivity contribution in [3.8, 4) is 0 Å². The summed E-state index contributed by atoms with van der Waals surface area (Å²) in [6.07, 6.45) is 0.965. The van der Waals surface area contributed by atoms with Gasteiger partial charge in [-0.05, 0) is 36.2 Å². The van der Waals surface area contributed by atoms with Crippen molar-refractivity contribution in [2.24, 2.45) is 0 Å². The van der Waals surface area contributed by atoms with E-state index in [0.29, 0.717) is 26.6 Å². The Bertz CT molecular complexity index is 650. The maximum Gasteiger partial charge on any atom is 0.0595 e. The summed E-state index contributed by atoms with van der Waals surface area (Å²) in [5.41, 5.74) is 7.69. The molecule has 2 aromatic carbocycles. The van der Waals surface area contributed by atoms with Crippen molar-refractivity contribution < 1.29 is 4.21 Å². The summed E-state index contributed by atoms with van der Waals surface area (Å²) < 4.78 is 12.5. The molecule has 3 rings (SSSR count). The summed E-state index contributed by atoms with van der Waals surface area (Å²) in [5, 5.41) is 0.865. The maximum atomic E-state index is 12.5. The number of nitrogen functional groups attached to an aromatic ring is 1. The Morgan fingerprint density at radius 2 is 2.10 bits per heavy atom. The normalized spacial score (nSPS) is 18.8. The molecule has 0 saturated heterocycles. The number of anilines is 1. The largest absolute Gasteiger partial charge is 0.399 e. The van der Waals surface area contributed by atoms with Crippen molar-refractivity contribution in [3.63, 3.8) is 0 Å². The molecular formula is C15H14ClNOS2. The lowest BCUT2D eigenvalue weighted by Gasteiger charge is -2.10. The Labute approximate surface area is 130 Å². The van der Waals surface area contributed by atoms with E-state index in [1.165, 1.54) is 10.5 Å². The molecule has 0 saturated carbocycles. The van der Waals surface area contributed by atoms with E-state index in [0.717, 1.165) is 6.42 Å². The molecule has 0 fully saturated rings. The lowest BCUT2D eigenvalue weighted by atomic mass is 10.1. The lowest BCUT2D eigenvalue weighted by molar-refractivity contribution is 0.681. The highest BCUT2D eigenvalue weighted by Gasteiger charge is 2.24. The highest BCUT2D eigenvalue weighted by Crippen LogP contribution is 2.38. The first kappa shape index (κ1) is 14.0. The molecule has 2 atom stereocenters. The molecule has 0 amide bonds. The van der Waals surface area contributed by atoms with Crippen LogP contribution in [-0.2, 0) is 17.2 Å². The van der Waals surface area contributed by atoms with Crippen molar-refractivity contribution in [2.75, 3.05) is 11.5 Å². The fraction of sp³-hybridized carbons (Fsp3) is 0.200. The molecule has 0 aliphatic carbocycles. The lowest BCUT2D eigenvalue weighted by Crippen LogP contribution is -2.13. The smallest absolute Gasteiger partial charge is 0.0595 e. The number of fused-ring (bicyclic) bond motifs is 1. The van der Waals surface area contributed by atoms with Crippen molar-refractivity contribution in [1.29, 1.82) is 0 Å². The molecule has 2 unspecified atom stereocenters. The van der Waals surface area contributed by atoms with Crippen molar-refractivity contribution in [1.82, 2.24) is 0 Å². The fourth-order valence-corrected chi connectivity index (χ4v) is 5.59. The summed E-state index contributed by atoms with van der Waals surface area (Å²) in [6.45, 7) is 0. The zero-order chi connectivity index (χ0) is 14.1.